The smallest absolute Gasteiger partial charge is 0.262 e. The van der Waals surface area contributed by atoms with Crippen molar-refractivity contribution in [1.29, 1.82) is 0 Å². The number of methoxy groups -OCH3 is 1. The van der Waals surface area contributed by atoms with E-state index in [1.807, 2.05) is 50.2 Å². The molecule has 0 atom stereocenters. The van der Waals surface area contributed by atoms with E-state index in [1.165, 1.54) is 0 Å². The Labute approximate surface area is 198 Å². The molecule has 1 N–H and O–H groups in total. The fraction of sp³-hybridized carbons (Fsp3) is 0.214. The van der Waals surface area contributed by atoms with E-state index in [-0.39, 0.29) is 29.5 Å². The first-order chi connectivity index (χ1) is 16.5. The number of para-hydroxylation sites is 1. The Morgan fingerprint density at radius 2 is 1.74 bits per heavy atom. The molecule has 174 valence electrons. The molecule has 0 saturated carbocycles. The van der Waals surface area contributed by atoms with Gasteiger partial charge < -0.3 is 19.2 Å². The van der Waals surface area contributed by atoms with E-state index in [9.17, 15) is 9.59 Å². The van der Waals surface area contributed by atoms with Crippen molar-refractivity contribution in [2.75, 3.05) is 19.0 Å². The van der Waals surface area contributed by atoms with Crippen LogP contribution in [0.2, 0.25) is 0 Å². The maximum Gasteiger partial charge on any atom is 0.262 e. The molecule has 4 aromatic rings. The molecular formula is C28H27NO5. The van der Waals surface area contributed by atoms with Crippen molar-refractivity contribution in [3.8, 4) is 22.8 Å². The summed E-state index contributed by atoms with van der Waals surface area (Å²) in [5.41, 5.74) is 3.55. The zero-order valence-corrected chi connectivity index (χ0v) is 19.5. The van der Waals surface area contributed by atoms with E-state index in [1.54, 1.807) is 37.4 Å². The van der Waals surface area contributed by atoms with Crippen molar-refractivity contribution in [2.24, 2.45) is 0 Å². The largest absolute Gasteiger partial charge is 0.497 e. The molecule has 0 saturated heterocycles. The van der Waals surface area contributed by atoms with Crippen LogP contribution in [-0.4, -0.2) is 19.6 Å². The van der Waals surface area contributed by atoms with Gasteiger partial charge in [-0.3, -0.25) is 9.59 Å². The molecule has 0 radical (unpaired) electrons. The Bertz CT molecular complexity index is 1370. The highest BCUT2D eigenvalue weighted by Gasteiger charge is 2.19. The van der Waals surface area contributed by atoms with Crippen LogP contribution in [0.1, 0.15) is 25.0 Å². The number of anilines is 1. The summed E-state index contributed by atoms with van der Waals surface area (Å²) in [6, 6.07) is 20.2. The Morgan fingerprint density at radius 1 is 0.971 bits per heavy atom. The molecule has 34 heavy (non-hydrogen) atoms. The topological polar surface area (TPSA) is 77.8 Å². The highest BCUT2D eigenvalue weighted by Crippen LogP contribution is 2.32. The highest BCUT2D eigenvalue weighted by molar-refractivity contribution is 5.93. The lowest BCUT2D eigenvalue weighted by Crippen LogP contribution is -2.23. The van der Waals surface area contributed by atoms with Gasteiger partial charge in [-0.1, -0.05) is 38.1 Å². The van der Waals surface area contributed by atoms with Crippen LogP contribution in [0.4, 0.5) is 5.69 Å². The van der Waals surface area contributed by atoms with Gasteiger partial charge in [0, 0.05) is 11.3 Å². The summed E-state index contributed by atoms with van der Waals surface area (Å²) in [4.78, 5) is 26.1. The Kier molecular flexibility index (Phi) is 6.97. The number of rotatable bonds is 8. The van der Waals surface area contributed by atoms with Crippen LogP contribution in [0.3, 0.4) is 0 Å². The zero-order valence-electron chi connectivity index (χ0n) is 19.5. The van der Waals surface area contributed by atoms with Gasteiger partial charge in [0.05, 0.1) is 12.5 Å². The second kappa shape index (κ2) is 10.3. The van der Waals surface area contributed by atoms with E-state index < -0.39 is 0 Å². The van der Waals surface area contributed by atoms with Gasteiger partial charge in [0.15, 0.2) is 12.4 Å². The van der Waals surface area contributed by atoms with Gasteiger partial charge in [0.25, 0.3) is 5.91 Å². The lowest BCUT2D eigenvalue weighted by atomic mass is 10.1. The van der Waals surface area contributed by atoms with Crippen molar-refractivity contribution in [2.45, 2.75) is 26.7 Å². The van der Waals surface area contributed by atoms with Crippen LogP contribution in [0.15, 0.2) is 75.9 Å². The lowest BCUT2D eigenvalue weighted by Gasteiger charge is -2.13. The summed E-state index contributed by atoms with van der Waals surface area (Å²) in [6.45, 7) is 3.71. The SMILES string of the molecule is CCc1ccc2oc(-c3ccc(OC)cc3)c(OCC(=O)Nc3ccccc3CC)c(=O)c2c1. The Balaban J connectivity index is 1.70. The van der Waals surface area contributed by atoms with Crippen LogP contribution in [0.25, 0.3) is 22.3 Å². The average molecular weight is 458 g/mol. The number of carbonyl (C=O) groups excluding carboxylic acids is 1. The number of ether oxygens (including phenoxy) is 2. The number of hydrogen-bond acceptors (Lipinski definition) is 5. The summed E-state index contributed by atoms with van der Waals surface area (Å²) in [6.07, 6.45) is 1.57. The van der Waals surface area contributed by atoms with Crippen LogP contribution in [-0.2, 0) is 17.6 Å². The minimum absolute atomic E-state index is 0.00449. The fourth-order valence-electron chi connectivity index (χ4n) is 3.78. The molecule has 0 aliphatic heterocycles. The predicted octanol–water partition coefficient (Wildman–Crippen LogP) is 5.61. The number of amides is 1. The lowest BCUT2D eigenvalue weighted by molar-refractivity contribution is -0.118. The first-order valence-electron chi connectivity index (χ1n) is 11.3. The minimum Gasteiger partial charge on any atom is -0.497 e. The molecule has 1 amide bonds. The summed E-state index contributed by atoms with van der Waals surface area (Å²) < 4.78 is 17.2. The zero-order chi connectivity index (χ0) is 24.1. The number of aryl methyl sites for hydroxylation is 2. The van der Waals surface area contributed by atoms with Crippen molar-refractivity contribution in [1.82, 2.24) is 0 Å². The number of fused-ring (bicyclic) bond motifs is 1. The summed E-state index contributed by atoms with van der Waals surface area (Å²) >= 11 is 0. The van der Waals surface area contributed by atoms with Crippen LogP contribution < -0.4 is 20.2 Å². The van der Waals surface area contributed by atoms with Crippen LogP contribution >= 0.6 is 0 Å². The van der Waals surface area contributed by atoms with E-state index in [4.69, 9.17) is 13.9 Å². The number of hydrogen-bond donors (Lipinski definition) is 1. The molecule has 1 aromatic heterocycles. The van der Waals surface area contributed by atoms with Crippen LogP contribution in [0.5, 0.6) is 11.5 Å². The van der Waals surface area contributed by atoms with Gasteiger partial charge >= 0.3 is 0 Å². The minimum atomic E-state index is -0.358. The highest BCUT2D eigenvalue weighted by atomic mass is 16.5. The molecular weight excluding hydrogens is 430 g/mol. The third-order valence-electron chi connectivity index (χ3n) is 5.69. The van der Waals surface area contributed by atoms with E-state index in [0.717, 1.165) is 29.7 Å². The van der Waals surface area contributed by atoms with Crippen molar-refractivity contribution < 1.29 is 18.7 Å². The summed E-state index contributed by atoms with van der Waals surface area (Å²) in [5.74, 6) is 0.593. The first kappa shape index (κ1) is 23.1. The molecule has 3 aromatic carbocycles. The Morgan fingerprint density at radius 3 is 2.44 bits per heavy atom. The average Bonchev–Trinajstić information content (AvgIpc) is 2.88. The fourth-order valence-corrected chi connectivity index (χ4v) is 3.78. The molecule has 1 heterocycles. The second-order valence-corrected chi connectivity index (χ2v) is 7.85. The number of nitrogens with one attached hydrogen (secondary N) is 1. The third-order valence-corrected chi connectivity index (χ3v) is 5.69. The number of carbonyl (C=O) groups is 1. The summed E-state index contributed by atoms with van der Waals surface area (Å²) in [5, 5.41) is 3.29. The quantitative estimate of drug-likeness (QED) is 0.372. The molecule has 0 fully saturated rings. The van der Waals surface area contributed by atoms with Gasteiger partial charge in [0.1, 0.15) is 11.3 Å². The van der Waals surface area contributed by atoms with Gasteiger partial charge in [-0.05, 0) is 66.4 Å². The molecule has 0 aliphatic carbocycles. The van der Waals surface area contributed by atoms with E-state index in [0.29, 0.717) is 22.3 Å². The van der Waals surface area contributed by atoms with Crippen molar-refractivity contribution in [3.05, 3.63) is 88.1 Å². The van der Waals surface area contributed by atoms with Gasteiger partial charge in [-0.15, -0.1) is 0 Å². The third kappa shape index (κ3) is 4.81. The molecule has 6 heteroatoms. The first-order valence-corrected chi connectivity index (χ1v) is 11.3. The van der Waals surface area contributed by atoms with E-state index >= 15 is 0 Å². The molecule has 0 aliphatic rings. The summed E-state index contributed by atoms with van der Waals surface area (Å²) in [7, 11) is 1.58. The molecule has 0 bridgehead atoms. The van der Waals surface area contributed by atoms with Crippen LogP contribution in [0, 0.1) is 0 Å². The normalized spacial score (nSPS) is 10.8. The van der Waals surface area contributed by atoms with Gasteiger partial charge in [-0.2, -0.15) is 0 Å². The monoisotopic (exact) mass is 457 g/mol. The molecule has 0 spiro atoms. The molecule has 0 unspecified atom stereocenters. The van der Waals surface area contributed by atoms with E-state index in [2.05, 4.69) is 5.32 Å². The van der Waals surface area contributed by atoms with Gasteiger partial charge in [0.2, 0.25) is 11.2 Å². The Hall–Kier alpha value is -4.06. The maximum atomic E-state index is 13.4. The van der Waals surface area contributed by atoms with Crippen molar-refractivity contribution >= 4 is 22.6 Å². The predicted molar refractivity (Wildman–Crippen MR) is 134 cm³/mol. The van der Waals surface area contributed by atoms with Crippen molar-refractivity contribution in [3.63, 3.8) is 0 Å². The van der Waals surface area contributed by atoms with Gasteiger partial charge in [-0.25, -0.2) is 0 Å². The second-order valence-electron chi connectivity index (χ2n) is 7.85. The standard InChI is InChI=1S/C28H27NO5/c1-4-18-10-15-24-22(16-18)26(31)28(27(34-24)20-11-13-21(32-3)14-12-20)33-17-25(30)29-23-9-7-6-8-19(23)5-2/h6-16H,4-5,17H2,1-3H3,(H,29,30). The maximum absolute atomic E-state index is 13.4. The molecule has 4 rings (SSSR count). The molecule has 6 nitrogen and oxygen atoms in total. The number of benzene rings is 3.